The molecule has 1 saturated heterocycles. The quantitative estimate of drug-likeness (QED) is 0.704. The topological polar surface area (TPSA) is 89.9 Å². The molecule has 0 radical (unpaired) electrons. The smallest absolute Gasteiger partial charge is 0.276 e. The summed E-state index contributed by atoms with van der Waals surface area (Å²) in [6, 6.07) is 7.41. The van der Waals surface area contributed by atoms with Gasteiger partial charge in [0.2, 0.25) is 0 Å². The molecule has 4 heterocycles. The van der Waals surface area contributed by atoms with Crippen molar-refractivity contribution in [1.82, 2.24) is 29.8 Å². The van der Waals surface area contributed by atoms with Gasteiger partial charge in [-0.05, 0) is 43.9 Å². The number of rotatable bonds is 4. The van der Waals surface area contributed by atoms with E-state index < -0.39 is 0 Å². The number of hydrogen-bond acceptors (Lipinski definition) is 6. The molecule has 27 heavy (non-hydrogen) atoms. The molecule has 0 spiro atoms. The number of carbonyl (C=O) groups excluding carboxylic acids is 1. The molecule has 3 aromatic rings. The third-order valence-electron chi connectivity index (χ3n) is 4.96. The highest BCUT2D eigenvalue weighted by Gasteiger charge is 2.27. The normalized spacial score (nSPS) is 17.3. The number of piperidine rings is 1. The summed E-state index contributed by atoms with van der Waals surface area (Å²) in [6.07, 6.45) is 4.39. The lowest BCUT2D eigenvalue weighted by Gasteiger charge is -2.31. The van der Waals surface area contributed by atoms with E-state index >= 15 is 0 Å². The van der Waals surface area contributed by atoms with Crippen LogP contribution >= 0.6 is 0 Å². The third kappa shape index (κ3) is 3.74. The van der Waals surface area contributed by atoms with Crippen LogP contribution in [0, 0.1) is 12.8 Å². The number of likely N-dealkylation sites (tertiary alicyclic amines) is 1. The molecular formula is C19H22N6O2. The highest BCUT2D eigenvalue weighted by Crippen LogP contribution is 2.22. The van der Waals surface area contributed by atoms with E-state index in [1.807, 2.05) is 43.1 Å². The maximum absolute atomic E-state index is 12.7. The highest BCUT2D eigenvalue weighted by molar-refractivity contribution is 5.92. The van der Waals surface area contributed by atoms with Crippen molar-refractivity contribution in [2.24, 2.45) is 13.0 Å². The maximum Gasteiger partial charge on any atom is 0.276 e. The lowest BCUT2D eigenvalue weighted by molar-refractivity contribution is 0.0665. The standard InChI is InChI=1S/C19H22N6O2/c1-13-10-16(22-24(13)2)19(26)25-9-5-6-14(12-25)11-17-21-18(27-23-17)15-7-3-4-8-20-15/h3-4,7-8,10,14H,5-6,9,11-12H2,1-2H3. The van der Waals surface area contributed by atoms with Gasteiger partial charge in [-0.3, -0.25) is 14.5 Å². The van der Waals surface area contributed by atoms with E-state index in [-0.39, 0.29) is 5.91 Å². The Hall–Kier alpha value is -3.03. The fourth-order valence-corrected chi connectivity index (χ4v) is 3.43. The van der Waals surface area contributed by atoms with Crippen molar-refractivity contribution in [2.45, 2.75) is 26.2 Å². The molecule has 0 saturated carbocycles. The molecule has 0 aromatic carbocycles. The van der Waals surface area contributed by atoms with Gasteiger partial charge in [0.15, 0.2) is 11.5 Å². The summed E-state index contributed by atoms with van der Waals surface area (Å²) in [7, 11) is 1.85. The van der Waals surface area contributed by atoms with Gasteiger partial charge in [-0.2, -0.15) is 10.1 Å². The molecule has 1 unspecified atom stereocenters. The van der Waals surface area contributed by atoms with Gasteiger partial charge in [0, 0.05) is 38.4 Å². The van der Waals surface area contributed by atoms with Crippen molar-refractivity contribution in [1.29, 1.82) is 0 Å². The van der Waals surface area contributed by atoms with Gasteiger partial charge in [0.1, 0.15) is 5.69 Å². The largest absolute Gasteiger partial charge is 0.337 e. The van der Waals surface area contributed by atoms with Crippen molar-refractivity contribution in [2.75, 3.05) is 13.1 Å². The summed E-state index contributed by atoms with van der Waals surface area (Å²) in [5.41, 5.74) is 2.15. The first-order chi connectivity index (χ1) is 13.1. The predicted octanol–water partition coefficient (Wildman–Crippen LogP) is 2.27. The molecule has 1 aliphatic rings. The van der Waals surface area contributed by atoms with Crippen molar-refractivity contribution >= 4 is 5.91 Å². The zero-order valence-electron chi connectivity index (χ0n) is 15.5. The van der Waals surface area contributed by atoms with Gasteiger partial charge in [0.05, 0.1) is 0 Å². The monoisotopic (exact) mass is 366 g/mol. The molecule has 1 fully saturated rings. The van der Waals surface area contributed by atoms with E-state index in [0.29, 0.717) is 42.0 Å². The van der Waals surface area contributed by atoms with Crippen LogP contribution in [0.3, 0.4) is 0 Å². The molecule has 1 amide bonds. The van der Waals surface area contributed by atoms with Gasteiger partial charge in [-0.1, -0.05) is 11.2 Å². The molecule has 0 aliphatic carbocycles. The predicted molar refractivity (Wildman–Crippen MR) is 97.8 cm³/mol. The summed E-state index contributed by atoms with van der Waals surface area (Å²) in [4.78, 5) is 23.3. The Morgan fingerprint density at radius 3 is 3.00 bits per heavy atom. The van der Waals surface area contributed by atoms with Crippen LogP contribution in [0.2, 0.25) is 0 Å². The summed E-state index contributed by atoms with van der Waals surface area (Å²) < 4.78 is 7.06. The van der Waals surface area contributed by atoms with Crippen molar-refractivity contribution in [3.05, 3.63) is 47.7 Å². The van der Waals surface area contributed by atoms with Crippen molar-refractivity contribution in [3.8, 4) is 11.6 Å². The van der Waals surface area contributed by atoms with E-state index in [9.17, 15) is 4.79 Å². The minimum absolute atomic E-state index is 0.00862. The second-order valence-corrected chi connectivity index (χ2v) is 6.99. The number of hydrogen-bond donors (Lipinski definition) is 0. The zero-order chi connectivity index (χ0) is 18.8. The first kappa shape index (κ1) is 17.4. The lowest BCUT2D eigenvalue weighted by Crippen LogP contribution is -2.40. The van der Waals surface area contributed by atoms with E-state index in [2.05, 4.69) is 20.2 Å². The molecule has 1 aliphatic heterocycles. The first-order valence-corrected chi connectivity index (χ1v) is 9.14. The average molecular weight is 366 g/mol. The molecule has 8 heteroatoms. The lowest BCUT2D eigenvalue weighted by atomic mass is 9.94. The minimum atomic E-state index is -0.00862. The zero-order valence-corrected chi connectivity index (χ0v) is 15.5. The second-order valence-electron chi connectivity index (χ2n) is 6.99. The fraction of sp³-hybridized carbons (Fsp3) is 0.421. The number of pyridine rings is 1. The van der Waals surface area contributed by atoms with E-state index in [0.717, 1.165) is 25.1 Å². The number of nitrogens with zero attached hydrogens (tertiary/aromatic N) is 6. The SMILES string of the molecule is Cc1cc(C(=O)N2CCCC(Cc3noc(-c4ccccn4)n3)C2)nn1C. The van der Waals surface area contributed by atoms with Crippen LogP contribution in [0.5, 0.6) is 0 Å². The molecule has 4 rings (SSSR count). The van der Waals surface area contributed by atoms with Crippen LogP contribution in [0.15, 0.2) is 35.0 Å². The second kappa shape index (κ2) is 7.30. The summed E-state index contributed by atoms with van der Waals surface area (Å²) in [5.74, 6) is 1.38. The minimum Gasteiger partial charge on any atom is -0.337 e. The van der Waals surface area contributed by atoms with Gasteiger partial charge < -0.3 is 9.42 Å². The number of aromatic nitrogens is 5. The van der Waals surface area contributed by atoms with E-state index in [4.69, 9.17) is 4.52 Å². The van der Waals surface area contributed by atoms with Crippen LogP contribution in [0.1, 0.15) is 34.8 Å². The van der Waals surface area contributed by atoms with Crippen LogP contribution in [-0.4, -0.2) is 48.8 Å². The van der Waals surface area contributed by atoms with E-state index in [1.54, 1.807) is 10.9 Å². The summed E-state index contributed by atoms with van der Waals surface area (Å²) >= 11 is 0. The molecular weight excluding hydrogens is 344 g/mol. The Bertz CT molecular complexity index is 913. The summed E-state index contributed by atoms with van der Waals surface area (Å²) in [6.45, 7) is 3.39. The van der Waals surface area contributed by atoms with Crippen molar-refractivity contribution in [3.63, 3.8) is 0 Å². The van der Waals surface area contributed by atoms with Gasteiger partial charge >= 0.3 is 0 Å². The third-order valence-corrected chi connectivity index (χ3v) is 4.96. The molecule has 140 valence electrons. The number of aryl methyl sites for hydroxylation is 2. The van der Waals surface area contributed by atoms with E-state index in [1.165, 1.54) is 0 Å². The van der Waals surface area contributed by atoms with Crippen LogP contribution in [0.25, 0.3) is 11.6 Å². The molecule has 1 atom stereocenters. The molecule has 0 N–H and O–H groups in total. The maximum atomic E-state index is 12.7. The Balaban J connectivity index is 1.41. The Morgan fingerprint density at radius 1 is 1.37 bits per heavy atom. The molecule has 0 bridgehead atoms. The number of carbonyl (C=O) groups is 1. The fourth-order valence-electron chi connectivity index (χ4n) is 3.43. The van der Waals surface area contributed by atoms with Crippen LogP contribution in [0.4, 0.5) is 0 Å². The number of amides is 1. The van der Waals surface area contributed by atoms with Gasteiger partial charge in [-0.25, -0.2) is 0 Å². The Kier molecular flexibility index (Phi) is 4.70. The average Bonchev–Trinajstić information content (AvgIpc) is 3.29. The first-order valence-electron chi connectivity index (χ1n) is 9.14. The highest BCUT2D eigenvalue weighted by atomic mass is 16.5. The van der Waals surface area contributed by atoms with Gasteiger partial charge in [-0.15, -0.1) is 0 Å². The Labute approximate surface area is 157 Å². The van der Waals surface area contributed by atoms with Crippen LogP contribution < -0.4 is 0 Å². The molecule has 8 nitrogen and oxygen atoms in total. The molecule has 3 aromatic heterocycles. The van der Waals surface area contributed by atoms with Crippen molar-refractivity contribution < 1.29 is 9.32 Å². The summed E-state index contributed by atoms with van der Waals surface area (Å²) in [5, 5.41) is 8.39. The van der Waals surface area contributed by atoms with Crippen LogP contribution in [-0.2, 0) is 13.5 Å². The van der Waals surface area contributed by atoms with Gasteiger partial charge in [0.25, 0.3) is 11.8 Å². The Morgan fingerprint density at radius 2 is 2.26 bits per heavy atom.